The zero-order chi connectivity index (χ0) is 22.5. The van der Waals surface area contributed by atoms with Crippen LogP contribution >= 0.6 is 0 Å². The van der Waals surface area contributed by atoms with Gasteiger partial charge in [-0.15, -0.1) is 0 Å². The van der Waals surface area contributed by atoms with Crippen molar-refractivity contribution >= 4 is 11.8 Å². The van der Waals surface area contributed by atoms with Crippen molar-refractivity contribution < 1.29 is 18.7 Å². The molecule has 2 unspecified atom stereocenters. The molecular weight excluding hydrogens is 395 g/mol. The Kier molecular flexibility index (Phi) is 7.31. The summed E-state index contributed by atoms with van der Waals surface area (Å²) >= 11 is 0. The van der Waals surface area contributed by atoms with E-state index in [1.54, 1.807) is 13.0 Å². The molecule has 2 amide bonds. The Balaban J connectivity index is 1.99. The van der Waals surface area contributed by atoms with Gasteiger partial charge in [0, 0.05) is 19.5 Å². The molecule has 1 N–H and O–H groups in total. The molecule has 166 valence electrons. The lowest BCUT2D eigenvalue weighted by Gasteiger charge is -2.38. The highest BCUT2D eigenvalue weighted by Gasteiger charge is 2.33. The molecule has 2 aromatic rings. The summed E-state index contributed by atoms with van der Waals surface area (Å²) < 4.78 is 19.9. The fourth-order valence-electron chi connectivity index (χ4n) is 4.01. The van der Waals surface area contributed by atoms with E-state index < -0.39 is 12.1 Å². The van der Waals surface area contributed by atoms with Crippen LogP contribution in [0.25, 0.3) is 0 Å². The van der Waals surface area contributed by atoms with Crippen molar-refractivity contribution in [2.45, 2.75) is 52.7 Å². The molecule has 1 heterocycles. The number of halogens is 1. The highest BCUT2D eigenvalue weighted by molar-refractivity contribution is 5.80. The van der Waals surface area contributed by atoms with Crippen LogP contribution in [-0.4, -0.2) is 35.9 Å². The van der Waals surface area contributed by atoms with Crippen LogP contribution in [0.5, 0.6) is 5.75 Å². The summed E-state index contributed by atoms with van der Waals surface area (Å²) in [6.45, 7) is 8.70. The average Bonchev–Trinajstić information content (AvgIpc) is 2.72. The van der Waals surface area contributed by atoms with E-state index in [0.717, 1.165) is 23.1 Å². The number of likely N-dealkylation sites (N-methyl/N-ethyl adjacent to an activating group) is 1. The summed E-state index contributed by atoms with van der Waals surface area (Å²) in [5.74, 6) is 0.317. The predicted molar refractivity (Wildman–Crippen MR) is 118 cm³/mol. The lowest BCUT2D eigenvalue weighted by Crippen LogP contribution is -2.41. The van der Waals surface area contributed by atoms with Gasteiger partial charge in [-0.3, -0.25) is 9.59 Å². The minimum atomic E-state index is -0.645. The summed E-state index contributed by atoms with van der Waals surface area (Å²) in [6, 6.07) is 11.7. The van der Waals surface area contributed by atoms with Crippen molar-refractivity contribution in [3.63, 3.8) is 0 Å². The minimum Gasteiger partial charge on any atom is -0.481 e. The fraction of sp³-hybridized carbons (Fsp3) is 0.440. The third-order valence-corrected chi connectivity index (χ3v) is 5.45. The number of hydrogen-bond donors (Lipinski definition) is 1. The molecule has 6 heteroatoms. The van der Waals surface area contributed by atoms with Gasteiger partial charge in [-0.1, -0.05) is 32.0 Å². The first-order valence-corrected chi connectivity index (χ1v) is 10.9. The number of nitrogens with zero attached hydrogens (tertiary/aromatic N) is 1. The van der Waals surface area contributed by atoms with Crippen molar-refractivity contribution in [2.24, 2.45) is 5.92 Å². The summed E-state index contributed by atoms with van der Waals surface area (Å²) in [7, 11) is 0. The molecule has 0 aliphatic carbocycles. The number of ether oxygens (including phenoxy) is 1. The van der Waals surface area contributed by atoms with E-state index in [4.69, 9.17) is 4.74 Å². The molecule has 2 atom stereocenters. The largest absolute Gasteiger partial charge is 0.481 e. The first-order valence-electron chi connectivity index (χ1n) is 10.9. The Labute approximate surface area is 183 Å². The monoisotopic (exact) mass is 426 g/mol. The number of fused-ring (bicyclic) bond motifs is 1. The molecule has 0 fully saturated rings. The first-order chi connectivity index (χ1) is 14.8. The van der Waals surface area contributed by atoms with Gasteiger partial charge in [0.1, 0.15) is 11.6 Å². The van der Waals surface area contributed by atoms with E-state index in [0.29, 0.717) is 25.3 Å². The maximum atomic E-state index is 14.1. The zero-order valence-electron chi connectivity index (χ0n) is 18.7. The van der Waals surface area contributed by atoms with E-state index in [-0.39, 0.29) is 23.5 Å². The molecule has 31 heavy (non-hydrogen) atoms. The number of hydrogen-bond acceptors (Lipinski definition) is 3. The summed E-state index contributed by atoms with van der Waals surface area (Å²) in [5, 5.41) is 2.75. The fourth-order valence-corrected chi connectivity index (χ4v) is 4.01. The highest BCUT2D eigenvalue weighted by atomic mass is 19.1. The van der Waals surface area contributed by atoms with Crippen molar-refractivity contribution in [3.05, 3.63) is 65.0 Å². The third-order valence-electron chi connectivity index (χ3n) is 5.45. The molecular formula is C25H31FN2O3. The lowest BCUT2D eigenvalue weighted by molar-refractivity contribution is -0.134. The third kappa shape index (κ3) is 5.43. The van der Waals surface area contributed by atoms with E-state index in [1.807, 2.05) is 49.9 Å². The van der Waals surface area contributed by atoms with Gasteiger partial charge in [0.05, 0.1) is 6.04 Å². The number of rotatable bonds is 7. The van der Waals surface area contributed by atoms with Crippen LogP contribution < -0.4 is 10.1 Å². The summed E-state index contributed by atoms with van der Waals surface area (Å²) in [4.78, 5) is 27.0. The quantitative estimate of drug-likeness (QED) is 0.720. The SMILES string of the molecule is CCNC(=O)C(C)Oc1ccc2c(c1)C(c1cccc(F)c1)N(C(=O)CC(C)C)CC2. The topological polar surface area (TPSA) is 58.6 Å². The molecule has 2 aromatic carbocycles. The lowest BCUT2D eigenvalue weighted by atomic mass is 9.87. The Bertz CT molecular complexity index is 944. The second kappa shape index (κ2) is 9.94. The smallest absolute Gasteiger partial charge is 0.260 e. The molecule has 0 saturated heterocycles. The van der Waals surface area contributed by atoms with Crippen LogP contribution in [-0.2, 0) is 16.0 Å². The van der Waals surface area contributed by atoms with E-state index in [1.165, 1.54) is 12.1 Å². The Morgan fingerprint density at radius 1 is 1.19 bits per heavy atom. The van der Waals surface area contributed by atoms with Crippen molar-refractivity contribution in [1.82, 2.24) is 10.2 Å². The first kappa shape index (κ1) is 22.8. The molecule has 0 saturated carbocycles. The normalized spacial score (nSPS) is 16.6. The Hall–Kier alpha value is -2.89. The second-order valence-electron chi connectivity index (χ2n) is 8.41. The van der Waals surface area contributed by atoms with Gasteiger partial charge in [0.2, 0.25) is 5.91 Å². The van der Waals surface area contributed by atoms with E-state index >= 15 is 0 Å². The van der Waals surface area contributed by atoms with Gasteiger partial charge in [0.15, 0.2) is 6.10 Å². The zero-order valence-corrected chi connectivity index (χ0v) is 18.7. The number of amides is 2. The number of nitrogens with one attached hydrogen (secondary N) is 1. The Morgan fingerprint density at radius 3 is 2.65 bits per heavy atom. The van der Waals surface area contributed by atoms with Crippen LogP contribution in [0, 0.1) is 11.7 Å². The maximum absolute atomic E-state index is 14.1. The summed E-state index contributed by atoms with van der Waals surface area (Å²) in [5.41, 5.74) is 2.74. The van der Waals surface area contributed by atoms with Crippen LogP contribution in [0.2, 0.25) is 0 Å². The van der Waals surface area contributed by atoms with E-state index in [9.17, 15) is 14.0 Å². The number of carbonyl (C=O) groups is 2. The average molecular weight is 427 g/mol. The van der Waals surface area contributed by atoms with Gasteiger partial charge in [-0.05, 0) is 67.1 Å². The van der Waals surface area contributed by atoms with Gasteiger partial charge in [0.25, 0.3) is 5.91 Å². The molecule has 1 aliphatic heterocycles. The van der Waals surface area contributed by atoms with Gasteiger partial charge in [-0.2, -0.15) is 0 Å². The molecule has 0 radical (unpaired) electrons. The van der Waals surface area contributed by atoms with Gasteiger partial charge < -0.3 is 15.0 Å². The standard InChI is InChI=1S/C25H31FN2O3/c1-5-27-25(30)17(4)31-21-10-9-18-11-12-28(23(29)13-16(2)3)24(22(18)15-21)19-7-6-8-20(26)14-19/h6-10,14-17,24H,5,11-13H2,1-4H3,(H,27,30). The molecule has 5 nitrogen and oxygen atoms in total. The molecule has 1 aliphatic rings. The van der Waals surface area contributed by atoms with Gasteiger partial charge >= 0.3 is 0 Å². The van der Waals surface area contributed by atoms with Crippen LogP contribution in [0.3, 0.4) is 0 Å². The van der Waals surface area contributed by atoms with Crippen LogP contribution in [0.15, 0.2) is 42.5 Å². The highest BCUT2D eigenvalue weighted by Crippen LogP contribution is 2.38. The Morgan fingerprint density at radius 2 is 1.97 bits per heavy atom. The molecule has 0 aromatic heterocycles. The second-order valence-corrected chi connectivity index (χ2v) is 8.41. The molecule has 3 rings (SSSR count). The van der Waals surface area contributed by atoms with Crippen molar-refractivity contribution in [2.75, 3.05) is 13.1 Å². The van der Waals surface area contributed by atoms with Gasteiger partial charge in [-0.25, -0.2) is 4.39 Å². The molecule has 0 spiro atoms. The molecule has 0 bridgehead atoms. The summed E-state index contributed by atoms with van der Waals surface area (Å²) in [6.07, 6.45) is 0.510. The van der Waals surface area contributed by atoms with Crippen LogP contribution in [0.1, 0.15) is 56.8 Å². The minimum absolute atomic E-state index is 0.0527. The van der Waals surface area contributed by atoms with Crippen LogP contribution in [0.4, 0.5) is 4.39 Å². The van der Waals surface area contributed by atoms with Crippen molar-refractivity contribution in [3.8, 4) is 5.75 Å². The predicted octanol–water partition coefficient (Wildman–Crippen LogP) is 4.25. The van der Waals surface area contributed by atoms with Crippen molar-refractivity contribution in [1.29, 1.82) is 0 Å². The maximum Gasteiger partial charge on any atom is 0.260 e. The number of carbonyl (C=O) groups excluding carboxylic acids is 2. The van der Waals surface area contributed by atoms with E-state index in [2.05, 4.69) is 5.32 Å². The number of benzene rings is 2.